The van der Waals surface area contributed by atoms with Gasteiger partial charge in [0.2, 0.25) is 0 Å². The molecule has 0 heterocycles. The first-order chi connectivity index (χ1) is 4.43. The second kappa shape index (κ2) is 5.35. The van der Waals surface area contributed by atoms with Gasteiger partial charge in [-0.15, -0.1) is 19.1 Å². The van der Waals surface area contributed by atoms with Crippen LogP contribution in [0.25, 0.3) is 6.08 Å². The number of hydrogen-bond donors (Lipinski definition) is 0. The fraction of sp³-hybridized carbons (Fsp3) is 0.111. The van der Waals surface area contributed by atoms with Gasteiger partial charge in [-0.2, -0.15) is 5.56 Å². The van der Waals surface area contributed by atoms with Crippen LogP contribution in [0.2, 0.25) is 0 Å². The van der Waals surface area contributed by atoms with Crippen molar-refractivity contribution in [2.24, 2.45) is 0 Å². The van der Waals surface area contributed by atoms with Crippen molar-refractivity contribution in [2.45, 2.75) is 6.92 Å². The Morgan fingerprint density at radius 2 is 1.80 bits per heavy atom. The summed E-state index contributed by atoms with van der Waals surface area (Å²) >= 11 is 0. The predicted octanol–water partition coefficient (Wildman–Crippen LogP) is -0.473. The van der Waals surface area contributed by atoms with Crippen molar-refractivity contribution in [2.75, 3.05) is 0 Å². The molecule has 0 atom stereocenters. The molecule has 0 spiro atoms. The van der Waals surface area contributed by atoms with Gasteiger partial charge in [0, 0.05) is 0 Å². The van der Waals surface area contributed by atoms with E-state index in [1.165, 1.54) is 5.56 Å². The van der Waals surface area contributed by atoms with Gasteiger partial charge in [-0.1, -0.05) is 18.2 Å². The molecule has 0 radical (unpaired) electrons. The Balaban J connectivity index is 0.000000810. The molecule has 0 saturated heterocycles. The summed E-state index contributed by atoms with van der Waals surface area (Å²) in [5.41, 5.74) is 1.21. The van der Waals surface area contributed by atoms with Crippen LogP contribution in [-0.2, 0) is 0 Å². The van der Waals surface area contributed by atoms with Crippen LogP contribution in [-0.4, -0.2) is 0 Å². The van der Waals surface area contributed by atoms with Gasteiger partial charge in [-0.25, -0.2) is 6.08 Å². The summed E-state index contributed by atoms with van der Waals surface area (Å²) in [5, 5.41) is 0. The molecule has 0 aliphatic rings. The molecule has 0 bridgehead atoms. The number of hydrogen-bond acceptors (Lipinski definition) is 0. The van der Waals surface area contributed by atoms with E-state index in [1.807, 2.05) is 31.2 Å². The molecule has 0 saturated carbocycles. The monoisotopic (exact) mass is 124 g/mol. The normalized spacial score (nSPS) is 9.30. The summed E-state index contributed by atoms with van der Waals surface area (Å²) in [7, 11) is 0. The van der Waals surface area contributed by atoms with Gasteiger partial charge in [-0.3, -0.25) is 6.08 Å². The number of rotatable bonds is 1. The zero-order chi connectivity index (χ0) is 6.53. The van der Waals surface area contributed by atoms with Crippen LogP contribution in [0.3, 0.4) is 0 Å². The van der Waals surface area contributed by atoms with Gasteiger partial charge in [0.05, 0.1) is 0 Å². The largest absolute Gasteiger partial charge is 1.00 e. The Bertz CT molecular complexity index is 189. The predicted molar refractivity (Wildman–Crippen MR) is 39.8 cm³/mol. The van der Waals surface area contributed by atoms with E-state index in [4.69, 9.17) is 0 Å². The molecule has 0 N–H and O–H groups in total. The quantitative estimate of drug-likeness (QED) is 0.350. The Morgan fingerprint density at radius 1 is 1.20 bits per heavy atom. The van der Waals surface area contributed by atoms with Gasteiger partial charge in [0.25, 0.3) is 0 Å². The molecule has 0 aliphatic heterocycles. The van der Waals surface area contributed by atoms with Crippen LogP contribution in [0.4, 0.5) is 0 Å². The van der Waals surface area contributed by atoms with E-state index in [0.29, 0.717) is 0 Å². The fourth-order valence-electron chi connectivity index (χ4n) is 0.716. The van der Waals surface area contributed by atoms with Crippen molar-refractivity contribution in [3.63, 3.8) is 0 Å². The van der Waals surface area contributed by atoms with Crippen LogP contribution < -0.4 is 18.9 Å². The first kappa shape index (κ1) is 9.56. The molecule has 0 amide bonds. The van der Waals surface area contributed by atoms with Crippen molar-refractivity contribution in [3.05, 3.63) is 42.0 Å². The van der Waals surface area contributed by atoms with E-state index >= 15 is 0 Å². The van der Waals surface area contributed by atoms with Crippen LogP contribution in [0.5, 0.6) is 0 Å². The summed E-state index contributed by atoms with van der Waals surface area (Å²) in [6.45, 7) is 1.90. The van der Waals surface area contributed by atoms with E-state index in [0.717, 1.165) is 0 Å². The maximum atomic E-state index is 2.96. The van der Waals surface area contributed by atoms with E-state index in [2.05, 4.69) is 18.2 Å². The molecule has 1 rings (SSSR count). The van der Waals surface area contributed by atoms with Crippen LogP contribution in [0.1, 0.15) is 12.5 Å². The molecule has 0 nitrogen and oxygen atoms in total. The number of benzene rings is 1. The van der Waals surface area contributed by atoms with Crippen LogP contribution in [0.15, 0.2) is 30.3 Å². The van der Waals surface area contributed by atoms with Crippen molar-refractivity contribution >= 4 is 6.08 Å². The van der Waals surface area contributed by atoms with Crippen molar-refractivity contribution in [1.29, 1.82) is 0 Å². The summed E-state index contributed by atoms with van der Waals surface area (Å²) in [4.78, 5) is 0. The van der Waals surface area contributed by atoms with Gasteiger partial charge in [0.1, 0.15) is 0 Å². The summed E-state index contributed by atoms with van der Waals surface area (Å²) in [5.74, 6) is 0. The Kier molecular flexibility index (Phi) is 5.11. The van der Waals surface area contributed by atoms with Gasteiger partial charge >= 0.3 is 18.9 Å². The first-order valence-electron chi connectivity index (χ1n) is 2.99. The third-order valence-electron chi connectivity index (χ3n) is 1.11. The molecule has 0 unspecified atom stereocenters. The SMILES string of the molecule is C[C-]=Cc1ccccc1.[Li+]. The first-order valence-corrected chi connectivity index (χ1v) is 2.99. The van der Waals surface area contributed by atoms with E-state index in [-0.39, 0.29) is 18.9 Å². The molecule has 0 aromatic heterocycles. The van der Waals surface area contributed by atoms with Gasteiger partial charge < -0.3 is 0 Å². The summed E-state index contributed by atoms with van der Waals surface area (Å²) < 4.78 is 0. The van der Waals surface area contributed by atoms with Crippen molar-refractivity contribution in [3.8, 4) is 0 Å². The van der Waals surface area contributed by atoms with Crippen molar-refractivity contribution in [1.82, 2.24) is 0 Å². The zero-order valence-electron chi connectivity index (χ0n) is 6.46. The summed E-state index contributed by atoms with van der Waals surface area (Å²) in [6, 6.07) is 10.1. The van der Waals surface area contributed by atoms with Gasteiger partial charge in [0.15, 0.2) is 0 Å². The Morgan fingerprint density at radius 3 is 2.30 bits per heavy atom. The van der Waals surface area contributed by atoms with Crippen molar-refractivity contribution < 1.29 is 18.9 Å². The maximum absolute atomic E-state index is 2.96. The average molecular weight is 124 g/mol. The van der Waals surface area contributed by atoms with E-state index < -0.39 is 0 Å². The molecular formula is C9H9Li. The van der Waals surface area contributed by atoms with Gasteiger partial charge in [-0.05, 0) is 0 Å². The molecule has 0 aliphatic carbocycles. The fourth-order valence-corrected chi connectivity index (χ4v) is 0.716. The third-order valence-corrected chi connectivity index (χ3v) is 1.11. The topological polar surface area (TPSA) is 0 Å². The smallest absolute Gasteiger partial charge is 0.278 e. The van der Waals surface area contributed by atoms with E-state index in [9.17, 15) is 0 Å². The minimum atomic E-state index is 0. The Labute approximate surface area is 74.1 Å². The molecule has 1 heteroatoms. The van der Waals surface area contributed by atoms with Crippen LogP contribution >= 0.6 is 0 Å². The molecule has 1 aromatic carbocycles. The Hall–Kier alpha value is -0.443. The number of allylic oxidation sites excluding steroid dienone is 1. The second-order valence-electron chi connectivity index (χ2n) is 1.84. The third kappa shape index (κ3) is 2.92. The molecule has 10 heavy (non-hydrogen) atoms. The zero-order valence-corrected chi connectivity index (χ0v) is 6.46. The average Bonchev–Trinajstić information content (AvgIpc) is 1.91. The molecule has 1 aromatic rings. The summed E-state index contributed by atoms with van der Waals surface area (Å²) in [6.07, 6.45) is 4.92. The van der Waals surface area contributed by atoms with E-state index in [1.54, 1.807) is 0 Å². The minimum absolute atomic E-state index is 0. The maximum Gasteiger partial charge on any atom is 1.00 e. The van der Waals surface area contributed by atoms with Crippen LogP contribution in [0, 0.1) is 6.08 Å². The second-order valence-corrected chi connectivity index (χ2v) is 1.84. The standard InChI is InChI=1S/C9H9.Li/c1-2-6-9-7-4-3-5-8-9;/h3-8H,1H3;/q-1;+1. The molecular weight excluding hydrogens is 115 g/mol. The molecule has 0 fully saturated rings. The minimum Gasteiger partial charge on any atom is -0.278 e. The molecule has 46 valence electrons.